The van der Waals surface area contributed by atoms with Gasteiger partial charge in [0.25, 0.3) is 0 Å². The Hall–Kier alpha value is -8.64. The molecular weight excluding hydrogens is 849 g/mol. The number of phenols is 4. The maximum Gasteiger partial charge on any atom is 0.122 e. The molecule has 0 fully saturated rings. The van der Waals surface area contributed by atoms with Crippen LogP contribution >= 0.6 is 0 Å². The van der Waals surface area contributed by atoms with Gasteiger partial charge in [0, 0.05) is 70.2 Å². The van der Waals surface area contributed by atoms with Gasteiger partial charge in [-0.3, -0.25) is 0 Å². The predicted octanol–water partition coefficient (Wildman–Crippen LogP) is 16.1. The zero-order valence-electron chi connectivity index (χ0n) is 38.1. The van der Waals surface area contributed by atoms with Crippen molar-refractivity contribution in [2.24, 2.45) is 40.9 Å². The summed E-state index contributed by atoms with van der Waals surface area (Å²) in [5.74, 6) is -0.172. The highest BCUT2D eigenvalue weighted by atomic mass is 16.3. The van der Waals surface area contributed by atoms with Gasteiger partial charge < -0.3 is 20.4 Å². The molecule has 0 radical (unpaired) electrons. The molecule has 0 spiro atoms. The van der Waals surface area contributed by atoms with Crippen LogP contribution in [0.1, 0.15) is 66.8 Å². The smallest absolute Gasteiger partial charge is 0.122 e. The average molecular weight is 897 g/mol. The number of aromatic hydroxyl groups is 4. The standard InChI is InChI=1S/C56H48N8O4/c1-33-9-5-13-45(17-33)57-61-49-25-37-21-39-27-50(62-58-46-14-6-10-34(2)18-46)29-41(54(39)66)23-43-31-52(64-60-48-16-8-12-36(4)20-48)32-44(56(43)68)24-42-30-51(63-59-47-15-7-11-35(3)19-47)28-40(55(42)67)22-38(26-49)53(37)65/h5-20,25-32,65-68H,21-24H2,1-4H3. The molecule has 9 rings (SSSR count). The molecule has 12 nitrogen and oxygen atoms in total. The van der Waals surface area contributed by atoms with E-state index in [1.807, 2.05) is 125 Å². The van der Waals surface area contributed by atoms with E-state index in [2.05, 4.69) is 40.9 Å². The van der Waals surface area contributed by atoms with Crippen molar-refractivity contribution >= 4 is 45.5 Å². The monoisotopic (exact) mass is 896 g/mol. The van der Waals surface area contributed by atoms with Gasteiger partial charge in [-0.05, 0) is 147 Å². The van der Waals surface area contributed by atoms with E-state index in [1.54, 1.807) is 48.5 Å². The first-order chi connectivity index (χ1) is 32.9. The fraction of sp³-hybridized carbons (Fsp3) is 0.143. The molecule has 0 saturated heterocycles. The van der Waals surface area contributed by atoms with Crippen molar-refractivity contribution in [3.8, 4) is 23.0 Å². The van der Waals surface area contributed by atoms with E-state index in [9.17, 15) is 20.4 Å². The Bertz CT molecular complexity index is 2820. The van der Waals surface area contributed by atoms with Crippen LogP contribution in [0.3, 0.4) is 0 Å². The average Bonchev–Trinajstić information content (AvgIpc) is 3.31. The second-order valence-corrected chi connectivity index (χ2v) is 17.3. The molecule has 8 aromatic rings. The fourth-order valence-corrected chi connectivity index (χ4v) is 8.32. The van der Waals surface area contributed by atoms with Crippen LogP contribution in [0.4, 0.5) is 45.5 Å². The van der Waals surface area contributed by atoms with Crippen molar-refractivity contribution in [1.82, 2.24) is 0 Å². The number of fused-ring (bicyclic) bond motifs is 8. The van der Waals surface area contributed by atoms with Gasteiger partial charge in [0.15, 0.2) is 0 Å². The van der Waals surface area contributed by atoms with Gasteiger partial charge in [-0.2, -0.15) is 40.9 Å². The number of hydrogen-bond donors (Lipinski definition) is 4. The highest BCUT2D eigenvalue weighted by Crippen LogP contribution is 2.43. The molecule has 4 N–H and O–H groups in total. The second-order valence-electron chi connectivity index (χ2n) is 17.3. The number of phenolic OH excluding ortho intramolecular Hbond substituents is 4. The molecule has 68 heavy (non-hydrogen) atoms. The zero-order chi connectivity index (χ0) is 47.3. The fourth-order valence-electron chi connectivity index (χ4n) is 8.32. The SMILES string of the molecule is Cc1cccc(N=Nc2cc3c(O)c(c2)Cc2cc(N=Nc4cccc(C)c4)cc(c2O)Cc2cc(N=Nc4cccc(C)c4)cc(c2O)Cc2cc(N=Nc4cccc(C)c4)cc(c2O)C3)c1. The van der Waals surface area contributed by atoms with Gasteiger partial charge in [0.1, 0.15) is 23.0 Å². The Kier molecular flexibility index (Phi) is 12.7. The van der Waals surface area contributed by atoms with Crippen LogP contribution in [0, 0.1) is 27.7 Å². The number of benzene rings is 8. The largest absolute Gasteiger partial charge is 0.507 e. The van der Waals surface area contributed by atoms with Crippen LogP contribution in [0.5, 0.6) is 23.0 Å². The minimum absolute atomic E-state index is 0.0430. The third kappa shape index (κ3) is 10.6. The molecule has 0 unspecified atom stereocenters. The molecule has 336 valence electrons. The quantitative estimate of drug-likeness (QED) is 0.111. The first kappa shape index (κ1) is 44.6. The van der Waals surface area contributed by atoms with Crippen molar-refractivity contribution in [3.05, 3.63) is 212 Å². The highest BCUT2D eigenvalue weighted by Gasteiger charge is 2.22. The van der Waals surface area contributed by atoms with Gasteiger partial charge in [-0.1, -0.05) is 48.5 Å². The van der Waals surface area contributed by atoms with E-state index < -0.39 is 0 Å². The van der Waals surface area contributed by atoms with Gasteiger partial charge in [-0.15, -0.1) is 0 Å². The molecule has 1 aliphatic carbocycles. The molecular formula is C56H48N8O4. The van der Waals surface area contributed by atoms with E-state index in [4.69, 9.17) is 0 Å². The number of azo groups is 4. The van der Waals surface area contributed by atoms with E-state index >= 15 is 0 Å². The van der Waals surface area contributed by atoms with Crippen LogP contribution < -0.4 is 0 Å². The second kappa shape index (κ2) is 19.4. The normalized spacial score (nSPS) is 12.8. The summed E-state index contributed by atoms with van der Waals surface area (Å²) in [6.07, 6.45) is 0.179. The maximum atomic E-state index is 12.2. The van der Waals surface area contributed by atoms with Crippen molar-refractivity contribution < 1.29 is 20.4 Å². The molecule has 0 aliphatic heterocycles. The summed E-state index contributed by atoms with van der Waals surface area (Å²) >= 11 is 0. The van der Waals surface area contributed by atoms with Crippen molar-refractivity contribution in [2.45, 2.75) is 53.4 Å². The number of nitrogens with zero attached hydrogens (tertiary/aromatic N) is 8. The summed E-state index contributed by atoms with van der Waals surface area (Å²) in [6.45, 7) is 7.92. The summed E-state index contributed by atoms with van der Waals surface area (Å²) in [5, 5.41) is 85.4. The van der Waals surface area contributed by atoms with Crippen LogP contribution in [0.15, 0.2) is 187 Å². The molecule has 0 heterocycles. The molecule has 12 heteroatoms. The Labute approximate surface area is 394 Å². The molecule has 8 bridgehead atoms. The van der Waals surface area contributed by atoms with Crippen LogP contribution in [0.25, 0.3) is 0 Å². The lowest BCUT2D eigenvalue weighted by atomic mass is 9.90. The lowest BCUT2D eigenvalue weighted by Crippen LogP contribution is -2.01. The molecule has 0 atom stereocenters. The zero-order valence-corrected chi connectivity index (χ0v) is 38.1. The third-order valence-corrected chi connectivity index (χ3v) is 11.7. The van der Waals surface area contributed by atoms with Crippen LogP contribution in [0.2, 0.25) is 0 Å². The summed E-state index contributed by atoms with van der Waals surface area (Å²) in [7, 11) is 0. The van der Waals surface area contributed by atoms with Crippen molar-refractivity contribution in [3.63, 3.8) is 0 Å². The Morgan fingerprint density at radius 3 is 0.603 bits per heavy atom. The number of aryl methyl sites for hydroxylation is 4. The van der Waals surface area contributed by atoms with Gasteiger partial charge in [0.2, 0.25) is 0 Å². The minimum atomic E-state index is -0.0430. The van der Waals surface area contributed by atoms with Gasteiger partial charge in [0.05, 0.1) is 45.5 Å². The van der Waals surface area contributed by atoms with Crippen molar-refractivity contribution in [2.75, 3.05) is 0 Å². The van der Waals surface area contributed by atoms with E-state index in [0.717, 1.165) is 22.3 Å². The Balaban J connectivity index is 1.25. The number of rotatable bonds is 8. The maximum absolute atomic E-state index is 12.2. The lowest BCUT2D eigenvalue weighted by Gasteiger charge is -2.18. The number of hydrogen-bond acceptors (Lipinski definition) is 12. The van der Waals surface area contributed by atoms with Gasteiger partial charge in [-0.25, -0.2) is 0 Å². The predicted molar refractivity (Wildman–Crippen MR) is 265 cm³/mol. The molecule has 0 amide bonds. The summed E-state index contributed by atoms with van der Waals surface area (Å²) in [6, 6.07) is 44.6. The molecule has 0 aromatic heterocycles. The third-order valence-electron chi connectivity index (χ3n) is 11.7. The van der Waals surface area contributed by atoms with E-state index in [-0.39, 0.29) is 48.7 Å². The summed E-state index contributed by atoms with van der Waals surface area (Å²) in [5.41, 5.74) is 12.1. The molecule has 1 aliphatic rings. The highest BCUT2D eigenvalue weighted by molar-refractivity contribution is 5.64. The summed E-state index contributed by atoms with van der Waals surface area (Å²) in [4.78, 5) is 0. The van der Waals surface area contributed by atoms with Crippen molar-refractivity contribution in [1.29, 1.82) is 0 Å². The Morgan fingerprint density at radius 1 is 0.250 bits per heavy atom. The van der Waals surface area contributed by atoms with Crippen LogP contribution in [-0.4, -0.2) is 20.4 Å². The van der Waals surface area contributed by atoms with E-state index in [0.29, 0.717) is 90.0 Å². The lowest BCUT2D eigenvalue weighted by molar-refractivity contribution is 0.450. The van der Waals surface area contributed by atoms with Gasteiger partial charge >= 0.3 is 0 Å². The Morgan fingerprint density at radius 2 is 0.426 bits per heavy atom. The summed E-state index contributed by atoms with van der Waals surface area (Å²) < 4.78 is 0. The van der Waals surface area contributed by atoms with Crippen LogP contribution in [-0.2, 0) is 25.7 Å². The van der Waals surface area contributed by atoms with E-state index in [1.165, 1.54) is 0 Å². The topological polar surface area (TPSA) is 180 Å². The molecule has 8 aromatic carbocycles. The minimum Gasteiger partial charge on any atom is -0.507 e. The first-order valence-electron chi connectivity index (χ1n) is 22.2. The molecule has 0 saturated carbocycles. The first-order valence-corrected chi connectivity index (χ1v) is 22.2.